The average Bonchev–Trinajstić information content (AvgIpc) is 2.05. The normalized spacial score (nSPS) is 9.33. The van der Waals surface area contributed by atoms with E-state index in [2.05, 4.69) is 5.48 Å². The van der Waals surface area contributed by atoms with Crippen molar-refractivity contribution < 1.29 is 4.84 Å². The van der Waals surface area contributed by atoms with Crippen molar-refractivity contribution in [3.05, 3.63) is 35.9 Å². The van der Waals surface area contributed by atoms with Gasteiger partial charge >= 0.3 is 0 Å². The molecule has 0 saturated carbocycles. The van der Waals surface area contributed by atoms with Crippen molar-refractivity contribution in [3.63, 3.8) is 0 Å². The highest BCUT2D eigenvalue weighted by molar-refractivity contribution is 5.72. The zero-order chi connectivity index (χ0) is 8.81. The van der Waals surface area contributed by atoms with E-state index in [-0.39, 0.29) is 5.96 Å². The first-order valence-corrected chi connectivity index (χ1v) is 3.55. The van der Waals surface area contributed by atoms with Gasteiger partial charge in [0.25, 0.3) is 0 Å². The van der Waals surface area contributed by atoms with Gasteiger partial charge in [0.15, 0.2) is 0 Å². The summed E-state index contributed by atoms with van der Waals surface area (Å²) >= 11 is 0. The predicted molar refractivity (Wildman–Crippen MR) is 46.3 cm³/mol. The molecule has 0 aliphatic heterocycles. The monoisotopic (exact) mass is 165 g/mol. The van der Waals surface area contributed by atoms with Crippen molar-refractivity contribution in [1.29, 1.82) is 5.41 Å². The van der Waals surface area contributed by atoms with E-state index in [1.807, 2.05) is 30.3 Å². The fraction of sp³-hybridized carbons (Fsp3) is 0.125. The van der Waals surface area contributed by atoms with Gasteiger partial charge in [0.2, 0.25) is 5.96 Å². The third kappa shape index (κ3) is 3.03. The van der Waals surface area contributed by atoms with E-state index in [4.69, 9.17) is 16.0 Å². The van der Waals surface area contributed by atoms with Gasteiger partial charge in [0.1, 0.15) is 0 Å². The quantitative estimate of drug-likeness (QED) is 0.349. The molecule has 4 nitrogen and oxygen atoms in total. The van der Waals surface area contributed by atoms with Crippen molar-refractivity contribution >= 4 is 5.96 Å². The molecular weight excluding hydrogens is 154 g/mol. The average molecular weight is 165 g/mol. The first-order chi connectivity index (χ1) is 5.79. The first kappa shape index (κ1) is 8.55. The molecule has 0 bridgehead atoms. The Morgan fingerprint density at radius 3 is 2.67 bits per heavy atom. The number of nitrogens with one attached hydrogen (secondary N) is 2. The molecule has 0 radical (unpaired) electrons. The minimum Gasteiger partial charge on any atom is -0.368 e. The molecule has 0 amide bonds. The maximum Gasteiger partial charge on any atom is 0.210 e. The lowest BCUT2D eigenvalue weighted by Crippen LogP contribution is -2.30. The molecular formula is C8H11N3O. The molecule has 0 aliphatic rings. The fourth-order valence-electron chi connectivity index (χ4n) is 0.771. The largest absolute Gasteiger partial charge is 0.368 e. The SMILES string of the molecule is N=C(N)NOCc1ccccc1. The molecule has 4 heteroatoms. The summed E-state index contributed by atoms with van der Waals surface area (Å²) in [6, 6.07) is 9.64. The smallest absolute Gasteiger partial charge is 0.210 e. The molecule has 1 aromatic carbocycles. The van der Waals surface area contributed by atoms with Crippen LogP contribution in [0.5, 0.6) is 0 Å². The summed E-state index contributed by atoms with van der Waals surface area (Å²) in [6.07, 6.45) is 0. The Morgan fingerprint density at radius 2 is 2.08 bits per heavy atom. The predicted octanol–water partition coefficient (Wildman–Crippen LogP) is 0.601. The van der Waals surface area contributed by atoms with Crippen molar-refractivity contribution in [2.75, 3.05) is 0 Å². The van der Waals surface area contributed by atoms with Crippen LogP contribution in [0, 0.1) is 5.41 Å². The molecule has 1 rings (SSSR count). The zero-order valence-corrected chi connectivity index (χ0v) is 6.58. The van der Waals surface area contributed by atoms with E-state index in [0.29, 0.717) is 6.61 Å². The number of hydrogen-bond donors (Lipinski definition) is 3. The van der Waals surface area contributed by atoms with Gasteiger partial charge in [-0.05, 0) is 5.56 Å². The summed E-state index contributed by atoms with van der Waals surface area (Å²) in [5.74, 6) is -0.189. The van der Waals surface area contributed by atoms with Crippen molar-refractivity contribution in [2.45, 2.75) is 6.61 Å². The highest BCUT2D eigenvalue weighted by Gasteiger charge is 1.90. The minimum atomic E-state index is -0.189. The molecule has 64 valence electrons. The van der Waals surface area contributed by atoms with E-state index < -0.39 is 0 Å². The van der Waals surface area contributed by atoms with Crippen LogP contribution in [-0.4, -0.2) is 5.96 Å². The Labute approximate surface area is 70.8 Å². The highest BCUT2D eigenvalue weighted by atomic mass is 16.6. The number of rotatable bonds is 3. The second-order valence-corrected chi connectivity index (χ2v) is 2.29. The summed E-state index contributed by atoms with van der Waals surface area (Å²) in [5.41, 5.74) is 8.29. The van der Waals surface area contributed by atoms with Crippen molar-refractivity contribution in [3.8, 4) is 0 Å². The van der Waals surface area contributed by atoms with Crippen LogP contribution in [0.2, 0.25) is 0 Å². The Kier molecular flexibility index (Phi) is 3.10. The lowest BCUT2D eigenvalue weighted by molar-refractivity contribution is 0.0698. The van der Waals surface area contributed by atoms with Gasteiger partial charge in [-0.1, -0.05) is 30.3 Å². The molecule has 0 atom stereocenters. The third-order valence-corrected chi connectivity index (χ3v) is 1.26. The standard InChI is InChI=1S/C8H11N3O/c9-8(10)11-12-6-7-4-2-1-3-5-7/h1-5H,6H2,(H4,9,10,11). The van der Waals surface area contributed by atoms with E-state index in [0.717, 1.165) is 5.56 Å². The highest BCUT2D eigenvalue weighted by Crippen LogP contribution is 1.98. The molecule has 0 saturated heterocycles. The maximum absolute atomic E-state index is 6.80. The van der Waals surface area contributed by atoms with Gasteiger partial charge in [-0.3, -0.25) is 10.2 Å². The van der Waals surface area contributed by atoms with Gasteiger partial charge in [-0.2, -0.15) is 0 Å². The van der Waals surface area contributed by atoms with Crippen LogP contribution in [0.15, 0.2) is 30.3 Å². The van der Waals surface area contributed by atoms with Crippen LogP contribution in [0.4, 0.5) is 0 Å². The first-order valence-electron chi connectivity index (χ1n) is 3.55. The Hall–Kier alpha value is -1.55. The van der Waals surface area contributed by atoms with Gasteiger partial charge in [-0.25, -0.2) is 5.48 Å². The molecule has 0 aromatic heterocycles. The number of guanidine groups is 1. The Morgan fingerprint density at radius 1 is 1.42 bits per heavy atom. The second-order valence-electron chi connectivity index (χ2n) is 2.29. The van der Waals surface area contributed by atoms with E-state index in [9.17, 15) is 0 Å². The number of hydrogen-bond acceptors (Lipinski definition) is 2. The summed E-state index contributed by atoms with van der Waals surface area (Å²) < 4.78 is 0. The van der Waals surface area contributed by atoms with Gasteiger partial charge in [0.05, 0.1) is 6.61 Å². The van der Waals surface area contributed by atoms with Crippen LogP contribution in [-0.2, 0) is 11.4 Å². The number of benzene rings is 1. The van der Waals surface area contributed by atoms with E-state index >= 15 is 0 Å². The second kappa shape index (κ2) is 4.35. The molecule has 0 heterocycles. The molecule has 0 fully saturated rings. The maximum atomic E-state index is 6.80. The number of hydroxylamine groups is 1. The van der Waals surface area contributed by atoms with Crippen molar-refractivity contribution in [1.82, 2.24) is 5.48 Å². The summed E-state index contributed by atoms with van der Waals surface area (Å²) in [6.45, 7) is 0.403. The molecule has 1 aromatic rings. The number of nitrogens with two attached hydrogens (primary N) is 1. The minimum absolute atomic E-state index is 0.189. The Balaban J connectivity index is 2.29. The molecule has 0 spiro atoms. The fourth-order valence-corrected chi connectivity index (χ4v) is 0.771. The molecule has 12 heavy (non-hydrogen) atoms. The topological polar surface area (TPSA) is 71.1 Å². The summed E-state index contributed by atoms with van der Waals surface area (Å²) in [4.78, 5) is 4.88. The van der Waals surface area contributed by atoms with Crippen LogP contribution in [0.3, 0.4) is 0 Å². The van der Waals surface area contributed by atoms with Gasteiger partial charge in [0, 0.05) is 0 Å². The zero-order valence-electron chi connectivity index (χ0n) is 6.58. The molecule has 0 unspecified atom stereocenters. The Bertz CT molecular complexity index is 248. The third-order valence-electron chi connectivity index (χ3n) is 1.26. The van der Waals surface area contributed by atoms with E-state index in [1.165, 1.54) is 0 Å². The van der Waals surface area contributed by atoms with Crippen LogP contribution < -0.4 is 11.2 Å². The molecule has 4 N–H and O–H groups in total. The van der Waals surface area contributed by atoms with Crippen LogP contribution >= 0.6 is 0 Å². The lowest BCUT2D eigenvalue weighted by atomic mass is 10.2. The lowest BCUT2D eigenvalue weighted by Gasteiger charge is -2.03. The van der Waals surface area contributed by atoms with Crippen molar-refractivity contribution in [2.24, 2.45) is 5.73 Å². The van der Waals surface area contributed by atoms with Gasteiger partial charge in [-0.15, -0.1) is 0 Å². The van der Waals surface area contributed by atoms with Gasteiger partial charge < -0.3 is 5.73 Å². The summed E-state index contributed by atoms with van der Waals surface area (Å²) in [7, 11) is 0. The van der Waals surface area contributed by atoms with Crippen LogP contribution in [0.1, 0.15) is 5.56 Å². The molecule has 0 aliphatic carbocycles. The summed E-state index contributed by atoms with van der Waals surface area (Å²) in [5, 5.41) is 6.80. The van der Waals surface area contributed by atoms with Crippen LogP contribution in [0.25, 0.3) is 0 Å². The van der Waals surface area contributed by atoms with E-state index in [1.54, 1.807) is 0 Å².